The molecule has 20 heavy (non-hydrogen) atoms. The fourth-order valence-corrected chi connectivity index (χ4v) is 1.18. The molecule has 0 aromatic carbocycles. The van der Waals surface area contributed by atoms with Crippen molar-refractivity contribution in [3.63, 3.8) is 0 Å². The van der Waals surface area contributed by atoms with Crippen LogP contribution in [-0.2, 0) is 4.74 Å². The van der Waals surface area contributed by atoms with E-state index in [0.717, 1.165) is 0 Å². The highest BCUT2D eigenvalue weighted by molar-refractivity contribution is 5.89. The first-order chi connectivity index (χ1) is 9.10. The number of ether oxygens (including phenoxy) is 1. The zero-order chi connectivity index (χ0) is 15.5. The number of hydrogen-bond donors (Lipinski definition) is 2. The lowest BCUT2D eigenvalue weighted by Crippen LogP contribution is -2.28. The highest BCUT2D eigenvalue weighted by Gasteiger charge is 2.23. The molecule has 7 nitrogen and oxygen atoms in total. The molecule has 2 N–H and O–H groups in total. The van der Waals surface area contributed by atoms with Gasteiger partial charge in [0.05, 0.1) is 0 Å². The van der Waals surface area contributed by atoms with Crippen molar-refractivity contribution in [3.8, 4) is 0 Å². The van der Waals surface area contributed by atoms with Crippen LogP contribution in [-0.4, -0.2) is 32.7 Å². The molecule has 0 unspecified atom stereocenters. The van der Waals surface area contributed by atoms with Gasteiger partial charge in [0.25, 0.3) is 6.43 Å². The van der Waals surface area contributed by atoms with Gasteiger partial charge in [-0.3, -0.25) is 5.32 Å². The molecule has 0 saturated heterocycles. The molecule has 1 aromatic heterocycles. The summed E-state index contributed by atoms with van der Waals surface area (Å²) in [5.74, 6) is -2.04. The molecule has 1 heterocycles. The Labute approximate surface area is 113 Å². The van der Waals surface area contributed by atoms with Gasteiger partial charge in [-0.25, -0.2) is 28.3 Å². The van der Waals surface area contributed by atoms with E-state index < -0.39 is 41.3 Å². The van der Waals surface area contributed by atoms with E-state index in [1.54, 1.807) is 20.8 Å². The summed E-state index contributed by atoms with van der Waals surface area (Å²) in [6.45, 7) is 4.85. The molecule has 0 spiro atoms. The monoisotopic (exact) mass is 289 g/mol. The largest absolute Gasteiger partial charge is 0.478 e. The molecule has 1 rings (SSSR count). The van der Waals surface area contributed by atoms with Crippen molar-refractivity contribution in [1.82, 2.24) is 9.97 Å². The lowest BCUT2D eigenvalue weighted by Gasteiger charge is -2.19. The van der Waals surface area contributed by atoms with E-state index in [1.807, 2.05) is 0 Å². The highest BCUT2D eigenvalue weighted by atomic mass is 19.3. The van der Waals surface area contributed by atoms with E-state index in [-0.39, 0.29) is 0 Å². The van der Waals surface area contributed by atoms with Gasteiger partial charge in [0.1, 0.15) is 16.9 Å². The number of rotatable bonds is 3. The Morgan fingerprint density at radius 3 is 2.45 bits per heavy atom. The predicted molar refractivity (Wildman–Crippen MR) is 63.8 cm³/mol. The second kappa shape index (κ2) is 5.76. The third-order valence-electron chi connectivity index (χ3n) is 1.87. The van der Waals surface area contributed by atoms with Gasteiger partial charge in [-0.1, -0.05) is 0 Å². The minimum absolute atomic E-state index is 0.459. The third kappa shape index (κ3) is 4.41. The van der Waals surface area contributed by atoms with Crippen molar-refractivity contribution in [3.05, 3.63) is 17.5 Å². The fraction of sp³-hybridized carbons (Fsp3) is 0.455. The van der Waals surface area contributed by atoms with E-state index in [0.29, 0.717) is 6.20 Å². The summed E-state index contributed by atoms with van der Waals surface area (Å²) in [5, 5.41) is 10.8. The van der Waals surface area contributed by atoms with Crippen LogP contribution in [0.1, 0.15) is 43.2 Å². The van der Waals surface area contributed by atoms with Crippen molar-refractivity contribution < 1.29 is 28.2 Å². The van der Waals surface area contributed by atoms with Crippen molar-refractivity contribution >= 4 is 18.0 Å². The number of nitrogens with one attached hydrogen (secondary N) is 1. The molecule has 1 aromatic rings. The van der Waals surface area contributed by atoms with Crippen LogP contribution in [0.5, 0.6) is 0 Å². The van der Waals surface area contributed by atoms with E-state index in [2.05, 4.69) is 15.3 Å². The number of anilines is 1. The molecule has 1 amide bonds. The summed E-state index contributed by atoms with van der Waals surface area (Å²) in [5.41, 5.74) is -2.48. The summed E-state index contributed by atoms with van der Waals surface area (Å²) in [6.07, 6.45) is -3.34. The average Bonchev–Trinajstić information content (AvgIpc) is 2.25. The smallest absolute Gasteiger partial charge is 0.414 e. The number of carbonyl (C=O) groups excluding carboxylic acids is 1. The number of nitrogens with zero attached hydrogens (tertiary/aromatic N) is 2. The van der Waals surface area contributed by atoms with Crippen LogP contribution >= 0.6 is 0 Å². The van der Waals surface area contributed by atoms with Crippen molar-refractivity contribution in [1.29, 1.82) is 0 Å². The Kier molecular flexibility index (Phi) is 4.53. The SMILES string of the molecule is CC(C)(C)OC(=O)Nc1ncc(C(=O)O)c(C(F)F)n1. The Morgan fingerprint density at radius 2 is 2.00 bits per heavy atom. The highest BCUT2D eigenvalue weighted by Crippen LogP contribution is 2.21. The van der Waals surface area contributed by atoms with Gasteiger partial charge in [-0.05, 0) is 20.8 Å². The number of amides is 1. The van der Waals surface area contributed by atoms with Crippen LogP contribution in [0.2, 0.25) is 0 Å². The normalized spacial score (nSPS) is 11.3. The molecule has 0 aliphatic carbocycles. The molecule has 0 radical (unpaired) electrons. The van der Waals surface area contributed by atoms with Gasteiger partial charge in [0.2, 0.25) is 5.95 Å². The summed E-state index contributed by atoms with van der Waals surface area (Å²) in [6, 6.07) is 0. The van der Waals surface area contributed by atoms with Crippen molar-refractivity contribution in [2.24, 2.45) is 0 Å². The molecule has 0 aliphatic rings. The summed E-state index contributed by atoms with van der Waals surface area (Å²) in [7, 11) is 0. The Hall–Kier alpha value is -2.32. The second-order valence-corrected chi connectivity index (χ2v) is 4.73. The number of carbonyl (C=O) groups is 2. The molecule has 0 fully saturated rings. The summed E-state index contributed by atoms with van der Waals surface area (Å²) < 4.78 is 30.2. The summed E-state index contributed by atoms with van der Waals surface area (Å²) >= 11 is 0. The van der Waals surface area contributed by atoms with Crippen LogP contribution in [0, 0.1) is 0 Å². The maximum Gasteiger partial charge on any atom is 0.414 e. The quantitative estimate of drug-likeness (QED) is 0.886. The number of hydrogen-bond acceptors (Lipinski definition) is 5. The molecule has 9 heteroatoms. The second-order valence-electron chi connectivity index (χ2n) is 4.73. The Balaban J connectivity index is 2.96. The predicted octanol–water partition coefficient (Wildman–Crippen LogP) is 2.46. The number of halogens is 2. The van der Waals surface area contributed by atoms with Gasteiger partial charge in [-0.15, -0.1) is 0 Å². The average molecular weight is 289 g/mol. The first-order valence-electron chi connectivity index (χ1n) is 5.48. The maximum absolute atomic E-state index is 12.7. The van der Waals surface area contributed by atoms with E-state index in [1.165, 1.54) is 0 Å². The van der Waals surface area contributed by atoms with Gasteiger partial charge in [0.15, 0.2) is 0 Å². The minimum Gasteiger partial charge on any atom is -0.478 e. The van der Waals surface area contributed by atoms with Crippen molar-refractivity contribution in [2.75, 3.05) is 5.32 Å². The third-order valence-corrected chi connectivity index (χ3v) is 1.87. The Morgan fingerprint density at radius 1 is 1.40 bits per heavy atom. The topological polar surface area (TPSA) is 101 Å². The van der Waals surface area contributed by atoms with E-state index >= 15 is 0 Å². The number of carboxylic acid groups (broad SMARTS) is 1. The number of alkyl halides is 2. The molecule has 0 atom stereocenters. The lowest BCUT2D eigenvalue weighted by atomic mass is 10.2. The zero-order valence-electron chi connectivity index (χ0n) is 11.0. The standard InChI is InChI=1S/C11H13F2N3O4/c1-11(2,3)20-10(19)16-9-14-4-5(8(17)18)6(15-9)7(12)13/h4,7H,1-3H3,(H,17,18)(H,14,15,16,19). The van der Waals surface area contributed by atoms with Crippen LogP contribution in [0.15, 0.2) is 6.20 Å². The minimum atomic E-state index is -3.11. The first kappa shape index (κ1) is 15.7. The number of aromatic carboxylic acids is 1. The van der Waals surface area contributed by atoms with Crippen LogP contribution in [0.4, 0.5) is 19.5 Å². The van der Waals surface area contributed by atoms with E-state index in [4.69, 9.17) is 9.84 Å². The van der Waals surface area contributed by atoms with Gasteiger partial charge < -0.3 is 9.84 Å². The van der Waals surface area contributed by atoms with E-state index in [9.17, 15) is 18.4 Å². The molecular weight excluding hydrogens is 276 g/mol. The first-order valence-corrected chi connectivity index (χ1v) is 5.48. The Bertz CT molecular complexity index is 529. The van der Waals surface area contributed by atoms with Gasteiger partial charge in [-0.2, -0.15) is 0 Å². The zero-order valence-corrected chi connectivity index (χ0v) is 11.0. The van der Waals surface area contributed by atoms with Gasteiger partial charge in [0, 0.05) is 6.20 Å². The summed E-state index contributed by atoms with van der Waals surface area (Å²) in [4.78, 5) is 28.9. The molecule has 0 aliphatic heterocycles. The molecule has 110 valence electrons. The van der Waals surface area contributed by atoms with Gasteiger partial charge >= 0.3 is 12.1 Å². The maximum atomic E-state index is 12.7. The molecule has 0 saturated carbocycles. The van der Waals surface area contributed by atoms with Crippen LogP contribution in [0.25, 0.3) is 0 Å². The molecule has 0 bridgehead atoms. The van der Waals surface area contributed by atoms with Crippen LogP contribution < -0.4 is 5.32 Å². The lowest BCUT2D eigenvalue weighted by molar-refractivity contribution is 0.0633. The number of carboxylic acids is 1. The van der Waals surface area contributed by atoms with Crippen LogP contribution in [0.3, 0.4) is 0 Å². The fourth-order valence-electron chi connectivity index (χ4n) is 1.18. The molecular formula is C11H13F2N3O4. The number of aromatic nitrogens is 2. The van der Waals surface area contributed by atoms with Crippen molar-refractivity contribution in [2.45, 2.75) is 32.8 Å².